The Labute approximate surface area is 190 Å². The first kappa shape index (κ1) is 21.9. The van der Waals surface area contributed by atoms with Crippen molar-refractivity contribution in [2.24, 2.45) is 5.10 Å². The molecule has 154 valence electrons. The first-order valence-corrected chi connectivity index (χ1v) is 10.4. The molecule has 8 heteroatoms. The van der Waals surface area contributed by atoms with Gasteiger partial charge in [-0.1, -0.05) is 42.5 Å². The molecule has 3 rings (SSSR count). The van der Waals surface area contributed by atoms with Crippen molar-refractivity contribution in [2.75, 3.05) is 13.7 Å². The van der Waals surface area contributed by atoms with Crippen LogP contribution in [0.4, 0.5) is 0 Å². The number of ether oxygens (including phenoxy) is 2. The average molecular weight is 534 g/mol. The predicted molar refractivity (Wildman–Crippen MR) is 123 cm³/mol. The molecule has 1 amide bonds. The Kier molecular flexibility index (Phi) is 7.48. The van der Waals surface area contributed by atoms with Crippen LogP contribution in [0, 0.1) is 0 Å². The number of nitrogens with one attached hydrogen (secondary N) is 1. The summed E-state index contributed by atoms with van der Waals surface area (Å²) in [5.74, 6) is 0.322. The Hall–Kier alpha value is -2.84. The van der Waals surface area contributed by atoms with E-state index in [1.54, 1.807) is 6.07 Å². The number of carbonyl (C=O) groups excluding carboxylic acids is 1. The normalized spacial score (nSPS) is 10.8. The third-order valence-electron chi connectivity index (χ3n) is 4.13. The van der Waals surface area contributed by atoms with Crippen molar-refractivity contribution in [1.82, 2.24) is 5.43 Å². The van der Waals surface area contributed by atoms with Crippen LogP contribution >= 0.6 is 31.9 Å². The number of methoxy groups -OCH3 is 1. The fourth-order valence-corrected chi connectivity index (χ4v) is 3.44. The summed E-state index contributed by atoms with van der Waals surface area (Å²) in [6, 6.07) is 19.1. The number of amides is 1. The van der Waals surface area contributed by atoms with Gasteiger partial charge in [0.2, 0.25) is 0 Å². The van der Waals surface area contributed by atoms with E-state index in [1.165, 1.54) is 13.3 Å². The molecule has 0 heterocycles. The van der Waals surface area contributed by atoms with Crippen molar-refractivity contribution >= 4 is 44.0 Å². The molecule has 3 aromatic carbocycles. The van der Waals surface area contributed by atoms with Gasteiger partial charge in [-0.3, -0.25) is 4.79 Å². The minimum Gasteiger partial charge on any atom is -0.504 e. The summed E-state index contributed by atoms with van der Waals surface area (Å²) in [7, 11) is 1.45. The molecule has 6 nitrogen and oxygen atoms in total. The number of benzene rings is 3. The Balaban J connectivity index is 1.56. The molecule has 0 unspecified atom stereocenters. The van der Waals surface area contributed by atoms with E-state index in [-0.39, 0.29) is 18.1 Å². The van der Waals surface area contributed by atoms with Gasteiger partial charge >= 0.3 is 0 Å². The van der Waals surface area contributed by atoms with E-state index in [1.807, 2.05) is 54.6 Å². The largest absolute Gasteiger partial charge is 0.504 e. The highest BCUT2D eigenvalue weighted by molar-refractivity contribution is 9.13. The highest BCUT2D eigenvalue weighted by atomic mass is 79.9. The van der Waals surface area contributed by atoms with Crippen molar-refractivity contribution in [2.45, 2.75) is 0 Å². The van der Waals surface area contributed by atoms with Crippen molar-refractivity contribution < 1.29 is 19.4 Å². The SMILES string of the molecule is COc1cc(Br)c(Br)c(/C=N\NC(=O)COc2ccc(-c3ccccc3)cc2)c1O. The summed E-state index contributed by atoms with van der Waals surface area (Å²) in [4.78, 5) is 12.0. The molecule has 0 radical (unpaired) electrons. The highest BCUT2D eigenvalue weighted by Gasteiger charge is 2.14. The van der Waals surface area contributed by atoms with Crippen molar-refractivity contribution in [3.05, 3.63) is 75.2 Å². The standard InChI is InChI=1S/C22H18Br2N2O4/c1-29-19-11-18(23)21(24)17(22(19)28)12-25-26-20(27)13-30-16-9-7-15(8-10-16)14-5-3-2-4-6-14/h2-12,28H,13H2,1H3,(H,26,27)/b25-12-. The van der Waals surface area contributed by atoms with Gasteiger partial charge in [0.05, 0.1) is 18.9 Å². The fourth-order valence-electron chi connectivity index (χ4n) is 2.61. The Morgan fingerprint density at radius 2 is 1.77 bits per heavy atom. The molecular formula is C22H18Br2N2O4. The van der Waals surface area contributed by atoms with E-state index in [0.717, 1.165) is 11.1 Å². The molecule has 0 bridgehead atoms. The summed E-state index contributed by atoms with van der Waals surface area (Å²) in [6.07, 6.45) is 1.32. The van der Waals surface area contributed by atoms with E-state index < -0.39 is 5.91 Å². The maximum absolute atomic E-state index is 12.0. The van der Waals surface area contributed by atoms with Crippen LogP contribution in [-0.2, 0) is 4.79 Å². The topological polar surface area (TPSA) is 80.2 Å². The Morgan fingerprint density at radius 1 is 1.10 bits per heavy atom. The van der Waals surface area contributed by atoms with Gasteiger partial charge in [0.15, 0.2) is 18.1 Å². The van der Waals surface area contributed by atoms with Crippen LogP contribution in [0.2, 0.25) is 0 Å². The number of rotatable bonds is 7. The van der Waals surface area contributed by atoms with E-state index in [4.69, 9.17) is 9.47 Å². The maximum atomic E-state index is 12.0. The van der Waals surface area contributed by atoms with Crippen LogP contribution in [0.25, 0.3) is 11.1 Å². The van der Waals surface area contributed by atoms with Gasteiger partial charge in [-0.25, -0.2) is 5.43 Å². The molecule has 0 fully saturated rings. The van der Waals surface area contributed by atoms with E-state index in [9.17, 15) is 9.90 Å². The summed E-state index contributed by atoms with van der Waals surface area (Å²) < 4.78 is 11.8. The van der Waals surface area contributed by atoms with Crippen LogP contribution in [0.1, 0.15) is 5.56 Å². The minimum absolute atomic E-state index is 0.0969. The van der Waals surface area contributed by atoms with E-state index in [2.05, 4.69) is 42.4 Å². The molecule has 0 aliphatic rings. The monoisotopic (exact) mass is 532 g/mol. The van der Waals surface area contributed by atoms with Gasteiger partial charge in [0.25, 0.3) is 5.91 Å². The minimum atomic E-state index is -0.434. The van der Waals surface area contributed by atoms with Gasteiger partial charge in [-0.05, 0) is 61.2 Å². The smallest absolute Gasteiger partial charge is 0.277 e. The molecule has 0 aromatic heterocycles. The first-order valence-electron chi connectivity index (χ1n) is 8.84. The molecule has 3 aromatic rings. The predicted octanol–water partition coefficient (Wildman–Crippen LogP) is 5.12. The zero-order chi connectivity index (χ0) is 21.5. The molecule has 0 atom stereocenters. The van der Waals surface area contributed by atoms with E-state index in [0.29, 0.717) is 20.3 Å². The first-order chi connectivity index (χ1) is 14.5. The number of aromatic hydroxyl groups is 1. The molecule has 0 aliphatic heterocycles. The lowest BCUT2D eigenvalue weighted by molar-refractivity contribution is -0.123. The molecule has 0 spiro atoms. The number of carbonyl (C=O) groups is 1. The number of hydrogen-bond acceptors (Lipinski definition) is 5. The average Bonchev–Trinajstić information content (AvgIpc) is 2.78. The molecule has 0 saturated heterocycles. The lowest BCUT2D eigenvalue weighted by Crippen LogP contribution is -2.24. The number of halogens is 2. The highest BCUT2D eigenvalue weighted by Crippen LogP contribution is 2.39. The van der Waals surface area contributed by atoms with Crippen LogP contribution in [0.15, 0.2) is 74.7 Å². The zero-order valence-electron chi connectivity index (χ0n) is 15.9. The molecule has 0 saturated carbocycles. The van der Waals surface area contributed by atoms with Gasteiger partial charge in [0, 0.05) is 8.95 Å². The van der Waals surface area contributed by atoms with Crippen LogP contribution < -0.4 is 14.9 Å². The number of nitrogens with zero attached hydrogens (tertiary/aromatic N) is 1. The second-order valence-electron chi connectivity index (χ2n) is 6.11. The maximum Gasteiger partial charge on any atom is 0.277 e. The van der Waals surface area contributed by atoms with Gasteiger partial charge < -0.3 is 14.6 Å². The number of phenolic OH excluding ortho intramolecular Hbond substituents is 1. The summed E-state index contributed by atoms with van der Waals surface area (Å²) >= 11 is 6.71. The Morgan fingerprint density at radius 3 is 2.43 bits per heavy atom. The number of phenols is 1. The van der Waals surface area contributed by atoms with Crippen LogP contribution in [0.3, 0.4) is 0 Å². The zero-order valence-corrected chi connectivity index (χ0v) is 19.1. The summed E-state index contributed by atoms with van der Waals surface area (Å²) in [6.45, 7) is -0.197. The quantitative estimate of drug-likeness (QED) is 0.326. The lowest BCUT2D eigenvalue weighted by Gasteiger charge is -2.10. The second kappa shape index (κ2) is 10.3. The van der Waals surface area contributed by atoms with Crippen molar-refractivity contribution in [3.63, 3.8) is 0 Å². The number of hydrazone groups is 1. The molecular weight excluding hydrogens is 516 g/mol. The third kappa shape index (κ3) is 5.40. The van der Waals surface area contributed by atoms with Gasteiger partial charge in [-0.15, -0.1) is 0 Å². The molecule has 0 aliphatic carbocycles. The van der Waals surface area contributed by atoms with Crippen LogP contribution in [0.5, 0.6) is 17.2 Å². The van der Waals surface area contributed by atoms with Gasteiger partial charge in [0.1, 0.15) is 5.75 Å². The van der Waals surface area contributed by atoms with Crippen molar-refractivity contribution in [1.29, 1.82) is 0 Å². The Bertz CT molecular complexity index is 1050. The molecule has 30 heavy (non-hydrogen) atoms. The second-order valence-corrected chi connectivity index (χ2v) is 7.76. The fraction of sp³-hybridized carbons (Fsp3) is 0.0909. The van der Waals surface area contributed by atoms with Gasteiger partial charge in [-0.2, -0.15) is 5.10 Å². The van der Waals surface area contributed by atoms with E-state index >= 15 is 0 Å². The van der Waals surface area contributed by atoms with Crippen LogP contribution in [-0.4, -0.2) is 30.9 Å². The summed E-state index contributed by atoms with van der Waals surface area (Å²) in [5, 5.41) is 14.1. The molecule has 2 N–H and O–H groups in total. The van der Waals surface area contributed by atoms with Crippen molar-refractivity contribution in [3.8, 4) is 28.4 Å². The summed E-state index contributed by atoms with van der Waals surface area (Å²) in [5.41, 5.74) is 4.90. The number of hydrogen-bond donors (Lipinski definition) is 2. The lowest BCUT2D eigenvalue weighted by atomic mass is 10.1. The third-order valence-corrected chi connectivity index (χ3v) is 6.14.